The first-order valence-electron chi connectivity index (χ1n) is 5.36. The number of hydrogen-bond donors (Lipinski definition) is 1. The van der Waals surface area contributed by atoms with E-state index in [-0.39, 0.29) is 5.56 Å². The highest BCUT2D eigenvalue weighted by Gasteiger charge is 2.13. The van der Waals surface area contributed by atoms with E-state index in [9.17, 15) is 4.79 Å². The average Bonchev–Trinajstić information content (AvgIpc) is 2.70. The van der Waals surface area contributed by atoms with E-state index >= 15 is 0 Å². The molecule has 0 radical (unpaired) electrons. The zero-order valence-electron chi connectivity index (χ0n) is 9.88. The number of imidazole rings is 1. The van der Waals surface area contributed by atoms with Crippen LogP contribution in [0, 0.1) is 6.92 Å². The molecule has 0 spiro atoms. The van der Waals surface area contributed by atoms with Crippen molar-refractivity contribution in [1.82, 2.24) is 29.5 Å². The molecule has 3 aromatic heterocycles. The van der Waals surface area contributed by atoms with Gasteiger partial charge in [-0.05, 0) is 6.92 Å². The minimum Gasteiger partial charge on any atom is -0.312 e. The number of hydrogen-bond acceptors (Lipinski definition) is 5. The summed E-state index contributed by atoms with van der Waals surface area (Å²) in [7, 11) is 1.80. The van der Waals surface area contributed by atoms with E-state index in [2.05, 4.69) is 24.9 Å². The molecule has 1 N–H and O–H groups in total. The van der Waals surface area contributed by atoms with E-state index in [0.29, 0.717) is 22.8 Å². The summed E-state index contributed by atoms with van der Waals surface area (Å²) >= 11 is 0. The molecule has 0 saturated carbocycles. The summed E-state index contributed by atoms with van der Waals surface area (Å²) in [6.07, 6.45) is 4.72. The maximum atomic E-state index is 11.6. The van der Waals surface area contributed by atoms with Gasteiger partial charge in [-0.2, -0.15) is 0 Å². The molecular weight excluding hydrogens is 232 g/mol. The van der Waals surface area contributed by atoms with Gasteiger partial charge in [-0.1, -0.05) is 0 Å². The summed E-state index contributed by atoms with van der Waals surface area (Å²) < 4.78 is 1.75. The Morgan fingerprint density at radius 3 is 2.61 bits per heavy atom. The number of nitrogens with one attached hydrogen (secondary N) is 1. The molecule has 18 heavy (non-hydrogen) atoms. The Bertz CT molecular complexity index is 770. The minimum absolute atomic E-state index is 0.255. The fraction of sp³-hybridized carbons (Fsp3) is 0.182. The third-order valence-electron chi connectivity index (χ3n) is 2.70. The van der Waals surface area contributed by atoms with Crippen molar-refractivity contribution < 1.29 is 0 Å². The lowest BCUT2D eigenvalue weighted by molar-refractivity contribution is 0.930. The summed E-state index contributed by atoms with van der Waals surface area (Å²) in [4.78, 5) is 30.8. The highest BCUT2D eigenvalue weighted by atomic mass is 16.1. The van der Waals surface area contributed by atoms with Crippen molar-refractivity contribution in [1.29, 1.82) is 0 Å². The molecule has 0 fully saturated rings. The van der Waals surface area contributed by atoms with Crippen molar-refractivity contribution in [2.75, 3.05) is 0 Å². The zero-order chi connectivity index (χ0) is 12.7. The maximum Gasteiger partial charge on any atom is 0.278 e. The van der Waals surface area contributed by atoms with Crippen LogP contribution in [-0.2, 0) is 7.05 Å². The molecular formula is C11H10N6O. The van der Waals surface area contributed by atoms with Crippen LogP contribution in [-0.4, -0.2) is 29.5 Å². The molecule has 3 aromatic rings. The van der Waals surface area contributed by atoms with Gasteiger partial charge in [0.05, 0.1) is 11.9 Å². The van der Waals surface area contributed by atoms with Gasteiger partial charge in [-0.25, -0.2) is 19.9 Å². The number of aromatic nitrogens is 6. The van der Waals surface area contributed by atoms with Crippen LogP contribution in [0.4, 0.5) is 0 Å². The number of aromatic amines is 1. The van der Waals surface area contributed by atoms with E-state index in [1.165, 1.54) is 6.33 Å². The summed E-state index contributed by atoms with van der Waals surface area (Å²) in [5.41, 5.74) is 1.35. The summed E-state index contributed by atoms with van der Waals surface area (Å²) in [5.74, 6) is 1.31. The third-order valence-corrected chi connectivity index (χ3v) is 2.70. The van der Waals surface area contributed by atoms with Crippen molar-refractivity contribution in [3.8, 4) is 11.4 Å². The molecule has 0 aliphatic carbocycles. The van der Waals surface area contributed by atoms with Gasteiger partial charge in [0.2, 0.25) is 0 Å². The van der Waals surface area contributed by atoms with Crippen molar-refractivity contribution >= 4 is 11.2 Å². The number of aryl methyl sites for hydroxylation is 2. The minimum atomic E-state index is -0.255. The Morgan fingerprint density at radius 1 is 1.22 bits per heavy atom. The number of nitrogens with zero attached hydrogens (tertiary/aromatic N) is 5. The molecule has 0 aromatic carbocycles. The van der Waals surface area contributed by atoms with E-state index in [0.717, 1.165) is 5.56 Å². The second kappa shape index (κ2) is 3.73. The van der Waals surface area contributed by atoms with Gasteiger partial charge in [0.1, 0.15) is 11.6 Å². The Labute approximate surface area is 102 Å². The molecule has 3 rings (SSSR count). The molecule has 0 amide bonds. The first-order chi connectivity index (χ1) is 8.66. The molecule has 0 aliphatic heterocycles. The Balaban J connectivity index is 2.30. The molecule has 3 heterocycles. The lowest BCUT2D eigenvalue weighted by Crippen LogP contribution is -2.06. The summed E-state index contributed by atoms with van der Waals surface area (Å²) in [5, 5.41) is 0. The average molecular weight is 242 g/mol. The van der Waals surface area contributed by atoms with Crippen LogP contribution in [0.1, 0.15) is 5.82 Å². The first-order valence-corrected chi connectivity index (χ1v) is 5.36. The molecule has 0 bridgehead atoms. The Morgan fingerprint density at radius 2 is 1.94 bits per heavy atom. The maximum absolute atomic E-state index is 11.6. The highest BCUT2D eigenvalue weighted by molar-refractivity contribution is 5.75. The van der Waals surface area contributed by atoms with Gasteiger partial charge in [0.15, 0.2) is 11.2 Å². The van der Waals surface area contributed by atoms with Gasteiger partial charge >= 0.3 is 0 Å². The lowest BCUT2D eigenvalue weighted by atomic mass is 10.3. The monoisotopic (exact) mass is 242 g/mol. The van der Waals surface area contributed by atoms with Crippen LogP contribution in [0.5, 0.6) is 0 Å². The zero-order valence-corrected chi connectivity index (χ0v) is 9.88. The SMILES string of the molecule is Cc1ncc(-c2nc3c(=O)[nH]cnc3n2C)cn1. The molecule has 0 unspecified atom stereocenters. The number of rotatable bonds is 1. The van der Waals surface area contributed by atoms with Crippen LogP contribution in [0.15, 0.2) is 23.5 Å². The summed E-state index contributed by atoms with van der Waals surface area (Å²) in [6, 6.07) is 0. The van der Waals surface area contributed by atoms with Crippen LogP contribution in [0.2, 0.25) is 0 Å². The van der Waals surface area contributed by atoms with Crippen molar-refractivity contribution in [2.24, 2.45) is 7.05 Å². The second-order valence-corrected chi connectivity index (χ2v) is 3.92. The van der Waals surface area contributed by atoms with Gasteiger partial charge in [0, 0.05) is 19.4 Å². The fourth-order valence-electron chi connectivity index (χ4n) is 1.78. The Kier molecular flexibility index (Phi) is 2.19. The van der Waals surface area contributed by atoms with Crippen LogP contribution in [0.3, 0.4) is 0 Å². The second-order valence-electron chi connectivity index (χ2n) is 3.92. The summed E-state index contributed by atoms with van der Waals surface area (Å²) in [6.45, 7) is 1.81. The molecule has 7 nitrogen and oxygen atoms in total. The van der Waals surface area contributed by atoms with E-state index in [1.54, 1.807) is 24.0 Å². The van der Waals surface area contributed by atoms with Crippen LogP contribution in [0.25, 0.3) is 22.6 Å². The fourth-order valence-corrected chi connectivity index (χ4v) is 1.78. The largest absolute Gasteiger partial charge is 0.312 e. The first kappa shape index (κ1) is 10.6. The molecule has 0 saturated heterocycles. The highest BCUT2D eigenvalue weighted by Crippen LogP contribution is 2.18. The third kappa shape index (κ3) is 1.48. The van der Waals surface area contributed by atoms with Crippen molar-refractivity contribution in [3.05, 3.63) is 34.9 Å². The van der Waals surface area contributed by atoms with Gasteiger partial charge in [-0.3, -0.25) is 4.79 Å². The predicted octanol–water partition coefficient (Wildman–Crippen LogP) is 0.422. The van der Waals surface area contributed by atoms with Gasteiger partial charge in [0.25, 0.3) is 5.56 Å². The number of fused-ring (bicyclic) bond motifs is 1. The van der Waals surface area contributed by atoms with E-state index < -0.39 is 0 Å². The molecule has 0 aliphatic rings. The van der Waals surface area contributed by atoms with Gasteiger partial charge in [-0.15, -0.1) is 0 Å². The van der Waals surface area contributed by atoms with Crippen molar-refractivity contribution in [3.63, 3.8) is 0 Å². The standard InChI is InChI=1S/C11H10N6O/c1-6-12-3-7(4-13-6)9-16-8-10(17(9)2)14-5-15-11(8)18/h3-5H,1-2H3,(H,14,15,18). The van der Waals surface area contributed by atoms with Crippen molar-refractivity contribution in [2.45, 2.75) is 6.92 Å². The molecule has 90 valence electrons. The van der Waals surface area contributed by atoms with E-state index in [4.69, 9.17) is 0 Å². The lowest BCUT2D eigenvalue weighted by Gasteiger charge is -2.00. The van der Waals surface area contributed by atoms with Gasteiger partial charge < -0.3 is 9.55 Å². The number of H-pyrrole nitrogens is 1. The Hall–Kier alpha value is -2.57. The molecule has 0 atom stereocenters. The smallest absolute Gasteiger partial charge is 0.278 e. The molecule has 7 heteroatoms. The predicted molar refractivity (Wildman–Crippen MR) is 64.9 cm³/mol. The van der Waals surface area contributed by atoms with Crippen LogP contribution >= 0.6 is 0 Å². The van der Waals surface area contributed by atoms with Crippen LogP contribution < -0.4 is 5.56 Å². The van der Waals surface area contributed by atoms with E-state index in [1.807, 2.05) is 6.92 Å². The normalized spacial score (nSPS) is 11.0. The topological polar surface area (TPSA) is 89.4 Å². The quantitative estimate of drug-likeness (QED) is 0.668.